The largest absolute Gasteiger partial charge is 0.337 e. The first-order chi connectivity index (χ1) is 11.0. The summed E-state index contributed by atoms with van der Waals surface area (Å²) in [5.41, 5.74) is 8.56. The smallest absolute Gasteiger partial charge is 0.254 e. The van der Waals surface area contributed by atoms with Crippen molar-refractivity contribution in [2.45, 2.75) is 51.1 Å². The zero-order chi connectivity index (χ0) is 16.1. The monoisotopic (exact) mass is 385 g/mol. The third-order valence-corrected chi connectivity index (χ3v) is 4.81. The lowest BCUT2D eigenvalue weighted by Gasteiger charge is -2.17. The van der Waals surface area contributed by atoms with E-state index in [1.807, 2.05) is 15.6 Å². The van der Waals surface area contributed by atoms with Gasteiger partial charge in [-0.3, -0.25) is 4.79 Å². The van der Waals surface area contributed by atoms with Gasteiger partial charge in [0, 0.05) is 36.8 Å². The Morgan fingerprint density at radius 2 is 2.00 bits per heavy atom. The van der Waals surface area contributed by atoms with Crippen molar-refractivity contribution in [3.8, 4) is 0 Å². The molecular weight excluding hydrogens is 361 g/mol. The van der Waals surface area contributed by atoms with E-state index in [0.717, 1.165) is 48.1 Å². The molecular formula is C17H25Cl2N5O. The number of pyridine rings is 1. The lowest BCUT2D eigenvalue weighted by atomic mass is 10.1. The minimum Gasteiger partial charge on any atom is -0.337 e. The molecule has 4 rings (SSSR count). The van der Waals surface area contributed by atoms with E-state index in [0.29, 0.717) is 12.5 Å². The summed E-state index contributed by atoms with van der Waals surface area (Å²) in [4.78, 5) is 19.7. The molecule has 0 spiro atoms. The Labute approximate surface area is 160 Å². The van der Waals surface area contributed by atoms with E-state index in [4.69, 9.17) is 10.7 Å². The number of nitrogens with zero attached hydrogens (tertiary/aromatic N) is 4. The van der Waals surface area contributed by atoms with Crippen LogP contribution in [0.3, 0.4) is 0 Å². The van der Waals surface area contributed by atoms with Crippen LogP contribution in [0.5, 0.6) is 0 Å². The van der Waals surface area contributed by atoms with E-state index in [9.17, 15) is 4.79 Å². The van der Waals surface area contributed by atoms with Gasteiger partial charge in [0.2, 0.25) is 0 Å². The molecule has 2 aromatic rings. The minimum absolute atomic E-state index is 0. The number of hydrogen-bond acceptors (Lipinski definition) is 4. The lowest BCUT2D eigenvalue weighted by Crippen LogP contribution is -2.32. The Balaban J connectivity index is 0.00000113. The zero-order valence-electron chi connectivity index (χ0n) is 14.5. The standard InChI is InChI=1S/C17H23N5O.2ClH/c1-10(2)22-16-14(8-19-22)13(7-15(20-16)11-3-4-11)17(23)21-6-5-12(18)9-21;;/h7-8,10-12H,3-6,9,18H2,1-2H3;2*1H/t12-;;/m0../s1. The summed E-state index contributed by atoms with van der Waals surface area (Å²) < 4.78 is 1.91. The summed E-state index contributed by atoms with van der Waals surface area (Å²) in [6.07, 6.45) is 4.98. The highest BCUT2D eigenvalue weighted by Gasteiger charge is 2.31. The lowest BCUT2D eigenvalue weighted by molar-refractivity contribution is 0.0792. The summed E-state index contributed by atoms with van der Waals surface area (Å²) in [5, 5.41) is 5.31. The fourth-order valence-electron chi connectivity index (χ4n) is 3.32. The van der Waals surface area contributed by atoms with E-state index in [-0.39, 0.29) is 42.8 Å². The zero-order valence-corrected chi connectivity index (χ0v) is 16.1. The highest BCUT2D eigenvalue weighted by molar-refractivity contribution is 6.05. The van der Waals surface area contributed by atoms with E-state index in [1.54, 1.807) is 6.20 Å². The van der Waals surface area contributed by atoms with Crippen molar-refractivity contribution in [1.82, 2.24) is 19.7 Å². The van der Waals surface area contributed by atoms with Gasteiger partial charge in [-0.2, -0.15) is 5.10 Å². The predicted molar refractivity (Wildman–Crippen MR) is 103 cm³/mol. The highest BCUT2D eigenvalue weighted by atomic mass is 35.5. The average Bonchev–Trinajstić information content (AvgIpc) is 3.14. The van der Waals surface area contributed by atoms with Gasteiger partial charge in [0.25, 0.3) is 5.91 Å². The van der Waals surface area contributed by atoms with Crippen molar-refractivity contribution >= 4 is 41.8 Å². The van der Waals surface area contributed by atoms with E-state index >= 15 is 0 Å². The number of amides is 1. The quantitative estimate of drug-likeness (QED) is 0.880. The van der Waals surface area contributed by atoms with Crippen molar-refractivity contribution in [3.05, 3.63) is 23.5 Å². The molecule has 1 aliphatic heterocycles. The molecule has 3 heterocycles. The van der Waals surface area contributed by atoms with Crippen LogP contribution in [-0.4, -0.2) is 44.7 Å². The van der Waals surface area contributed by atoms with Gasteiger partial charge in [0.15, 0.2) is 5.65 Å². The van der Waals surface area contributed by atoms with Crippen molar-refractivity contribution in [3.63, 3.8) is 0 Å². The molecule has 0 bridgehead atoms. The number of carbonyl (C=O) groups excluding carboxylic acids is 1. The molecule has 1 amide bonds. The fourth-order valence-corrected chi connectivity index (χ4v) is 3.32. The first-order valence-electron chi connectivity index (χ1n) is 8.47. The van der Waals surface area contributed by atoms with Crippen LogP contribution in [0.15, 0.2) is 12.3 Å². The maximum absolute atomic E-state index is 13.0. The van der Waals surface area contributed by atoms with Crippen LogP contribution < -0.4 is 5.73 Å². The minimum atomic E-state index is 0. The van der Waals surface area contributed by atoms with Crippen LogP contribution >= 0.6 is 24.8 Å². The topological polar surface area (TPSA) is 77.0 Å². The number of halogens is 2. The Morgan fingerprint density at radius 3 is 2.56 bits per heavy atom. The molecule has 1 aliphatic carbocycles. The van der Waals surface area contributed by atoms with Crippen LogP contribution in [0.1, 0.15) is 61.1 Å². The number of carbonyl (C=O) groups is 1. The maximum Gasteiger partial charge on any atom is 0.254 e. The van der Waals surface area contributed by atoms with Crippen LogP contribution in [0, 0.1) is 0 Å². The molecule has 8 heteroatoms. The molecule has 6 nitrogen and oxygen atoms in total. The first kappa shape index (κ1) is 19.9. The van der Waals surface area contributed by atoms with Gasteiger partial charge in [-0.15, -0.1) is 24.8 Å². The molecule has 2 aliphatic rings. The Morgan fingerprint density at radius 1 is 1.28 bits per heavy atom. The molecule has 1 atom stereocenters. The maximum atomic E-state index is 13.0. The molecule has 1 saturated heterocycles. The van der Waals surface area contributed by atoms with Crippen LogP contribution in [-0.2, 0) is 0 Å². The summed E-state index contributed by atoms with van der Waals surface area (Å²) in [6, 6.07) is 2.30. The average molecular weight is 386 g/mol. The normalized spacial score (nSPS) is 19.8. The number of hydrogen-bond donors (Lipinski definition) is 1. The molecule has 0 unspecified atom stereocenters. The molecule has 2 fully saturated rings. The van der Waals surface area contributed by atoms with Crippen molar-refractivity contribution < 1.29 is 4.79 Å². The number of fused-ring (bicyclic) bond motifs is 1. The molecule has 2 N–H and O–H groups in total. The Kier molecular flexibility index (Phi) is 5.97. The van der Waals surface area contributed by atoms with Crippen LogP contribution in [0.4, 0.5) is 0 Å². The fraction of sp³-hybridized carbons (Fsp3) is 0.588. The number of nitrogens with two attached hydrogens (primary N) is 1. The van der Waals surface area contributed by atoms with E-state index in [2.05, 4.69) is 18.9 Å². The SMILES string of the molecule is CC(C)n1ncc2c(C(=O)N3CC[C@H](N)C3)cc(C3CC3)nc21.Cl.Cl. The molecule has 2 aromatic heterocycles. The third kappa shape index (κ3) is 3.61. The summed E-state index contributed by atoms with van der Waals surface area (Å²) in [7, 11) is 0. The third-order valence-electron chi connectivity index (χ3n) is 4.81. The summed E-state index contributed by atoms with van der Waals surface area (Å²) >= 11 is 0. The predicted octanol–water partition coefficient (Wildman–Crippen LogP) is 2.91. The second-order valence-electron chi connectivity index (χ2n) is 7.09. The van der Waals surface area contributed by atoms with Gasteiger partial charge >= 0.3 is 0 Å². The summed E-state index contributed by atoms with van der Waals surface area (Å²) in [5.74, 6) is 0.567. The van der Waals surface area contributed by atoms with Crippen LogP contribution in [0.2, 0.25) is 0 Å². The van der Waals surface area contributed by atoms with Gasteiger partial charge < -0.3 is 10.6 Å². The van der Waals surface area contributed by atoms with Gasteiger partial charge in [-0.1, -0.05) is 0 Å². The molecule has 25 heavy (non-hydrogen) atoms. The molecule has 138 valence electrons. The number of likely N-dealkylation sites (tertiary alicyclic amines) is 1. The Bertz CT molecular complexity index is 772. The highest BCUT2D eigenvalue weighted by Crippen LogP contribution is 2.40. The van der Waals surface area contributed by atoms with E-state index < -0.39 is 0 Å². The van der Waals surface area contributed by atoms with Crippen LogP contribution in [0.25, 0.3) is 11.0 Å². The first-order valence-corrected chi connectivity index (χ1v) is 8.47. The van der Waals surface area contributed by atoms with Gasteiger partial charge in [-0.25, -0.2) is 9.67 Å². The summed E-state index contributed by atoms with van der Waals surface area (Å²) in [6.45, 7) is 5.54. The van der Waals surface area contributed by atoms with Gasteiger partial charge in [0.1, 0.15) is 0 Å². The van der Waals surface area contributed by atoms with Crippen molar-refractivity contribution in [1.29, 1.82) is 0 Å². The van der Waals surface area contributed by atoms with E-state index in [1.165, 1.54) is 0 Å². The molecule has 0 aromatic carbocycles. The second-order valence-corrected chi connectivity index (χ2v) is 7.09. The van der Waals surface area contributed by atoms with Crippen molar-refractivity contribution in [2.24, 2.45) is 5.73 Å². The number of rotatable bonds is 3. The van der Waals surface area contributed by atoms with Gasteiger partial charge in [-0.05, 0) is 39.2 Å². The Hall–Kier alpha value is -1.37. The number of aromatic nitrogens is 3. The second kappa shape index (κ2) is 7.48. The molecule has 1 saturated carbocycles. The molecule has 0 radical (unpaired) electrons. The van der Waals surface area contributed by atoms with Gasteiger partial charge in [0.05, 0.1) is 17.1 Å². The van der Waals surface area contributed by atoms with Crippen molar-refractivity contribution in [2.75, 3.05) is 13.1 Å².